The highest BCUT2D eigenvalue weighted by Crippen LogP contribution is 2.36. The zero-order valence-electron chi connectivity index (χ0n) is 16.0. The van der Waals surface area contributed by atoms with Gasteiger partial charge in [-0.1, -0.05) is 30.3 Å². The third-order valence-electron chi connectivity index (χ3n) is 4.55. The molecule has 2 heterocycles. The summed E-state index contributed by atoms with van der Waals surface area (Å²) in [7, 11) is 0. The number of hydrogen-bond donors (Lipinski definition) is 3. The van der Waals surface area contributed by atoms with Crippen molar-refractivity contribution in [2.75, 3.05) is 17.2 Å². The van der Waals surface area contributed by atoms with E-state index >= 15 is 0 Å². The summed E-state index contributed by atoms with van der Waals surface area (Å²) in [6.07, 6.45) is 1.78. The lowest BCUT2D eigenvalue weighted by Crippen LogP contribution is -2.17. The van der Waals surface area contributed by atoms with Crippen LogP contribution >= 0.6 is 11.3 Å². The first-order valence-electron chi connectivity index (χ1n) is 9.33. The normalized spacial score (nSPS) is 10.7. The molecule has 4 rings (SSSR count). The third-order valence-corrected chi connectivity index (χ3v) is 5.44. The molecular formula is C22H19N5O2S. The van der Waals surface area contributed by atoms with Gasteiger partial charge in [-0.15, -0.1) is 11.3 Å². The maximum absolute atomic E-state index is 12.3. The first-order chi connectivity index (χ1) is 14.6. The highest BCUT2D eigenvalue weighted by Gasteiger charge is 2.13. The number of aromatic nitrogens is 2. The highest BCUT2D eigenvalue weighted by atomic mass is 32.1. The lowest BCUT2D eigenvalue weighted by molar-refractivity contribution is -0.115. The van der Waals surface area contributed by atoms with E-state index in [-0.39, 0.29) is 12.3 Å². The van der Waals surface area contributed by atoms with Gasteiger partial charge in [0.1, 0.15) is 17.0 Å². The van der Waals surface area contributed by atoms with Crippen LogP contribution in [0.2, 0.25) is 0 Å². The molecule has 0 unspecified atom stereocenters. The Morgan fingerprint density at radius 3 is 2.50 bits per heavy atom. The predicted octanol–water partition coefficient (Wildman–Crippen LogP) is 3.90. The van der Waals surface area contributed by atoms with Crippen molar-refractivity contribution >= 4 is 44.9 Å². The van der Waals surface area contributed by atoms with Gasteiger partial charge in [-0.05, 0) is 29.8 Å². The monoisotopic (exact) mass is 417 g/mol. The number of carbonyl (C=O) groups is 2. The van der Waals surface area contributed by atoms with Gasteiger partial charge in [-0.25, -0.2) is 9.97 Å². The SMILES string of the molecule is NC(=O)c1ccc(NC(=O)CCNc2ncnc3scc(-c4ccccc4)c23)cc1. The van der Waals surface area contributed by atoms with Gasteiger partial charge < -0.3 is 16.4 Å². The number of hydrogen-bond acceptors (Lipinski definition) is 6. The van der Waals surface area contributed by atoms with Gasteiger partial charge in [0.2, 0.25) is 11.8 Å². The van der Waals surface area contributed by atoms with Crippen LogP contribution in [0.4, 0.5) is 11.5 Å². The van der Waals surface area contributed by atoms with E-state index in [0.29, 0.717) is 23.6 Å². The first kappa shape index (κ1) is 19.5. The number of carbonyl (C=O) groups excluding carboxylic acids is 2. The van der Waals surface area contributed by atoms with Gasteiger partial charge in [-0.3, -0.25) is 9.59 Å². The number of anilines is 2. The smallest absolute Gasteiger partial charge is 0.248 e. The van der Waals surface area contributed by atoms with Gasteiger partial charge in [0, 0.05) is 35.2 Å². The predicted molar refractivity (Wildman–Crippen MR) is 120 cm³/mol. The van der Waals surface area contributed by atoms with Crippen LogP contribution in [0, 0.1) is 0 Å². The molecule has 0 saturated heterocycles. The number of fused-ring (bicyclic) bond motifs is 1. The second kappa shape index (κ2) is 8.71. The van der Waals surface area contributed by atoms with Crippen molar-refractivity contribution in [3.63, 3.8) is 0 Å². The maximum atomic E-state index is 12.3. The molecule has 4 N–H and O–H groups in total. The molecule has 7 nitrogen and oxygen atoms in total. The molecule has 2 amide bonds. The third kappa shape index (κ3) is 4.28. The molecule has 4 aromatic rings. The number of rotatable bonds is 7. The van der Waals surface area contributed by atoms with Gasteiger partial charge in [-0.2, -0.15) is 0 Å². The Hall–Kier alpha value is -3.78. The fourth-order valence-electron chi connectivity index (χ4n) is 3.08. The van der Waals surface area contributed by atoms with Gasteiger partial charge in [0.15, 0.2) is 0 Å². The zero-order chi connectivity index (χ0) is 20.9. The Bertz CT molecular complexity index is 1190. The van der Waals surface area contributed by atoms with E-state index in [1.54, 1.807) is 35.6 Å². The molecule has 0 spiro atoms. The van der Waals surface area contributed by atoms with Crippen molar-refractivity contribution in [1.29, 1.82) is 0 Å². The number of thiophene rings is 1. The number of primary amides is 1. The van der Waals surface area contributed by atoms with E-state index in [1.807, 2.05) is 18.2 Å². The van der Waals surface area contributed by atoms with E-state index < -0.39 is 5.91 Å². The average Bonchev–Trinajstić information content (AvgIpc) is 3.20. The number of benzene rings is 2. The number of amides is 2. The van der Waals surface area contributed by atoms with Crippen molar-refractivity contribution in [1.82, 2.24) is 9.97 Å². The number of nitrogens with zero attached hydrogens (tertiary/aromatic N) is 2. The lowest BCUT2D eigenvalue weighted by atomic mass is 10.1. The van der Waals surface area contributed by atoms with Crippen molar-refractivity contribution < 1.29 is 9.59 Å². The summed E-state index contributed by atoms with van der Waals surface area (Å²) < 4.78 is 0. The second-order valence-corrected chi connectivity index (χ2v) is 7.44. The van der Waals surface area contributed by atoms with Gasteiger partial charge >= 0.3 is 0 Å². The Kier molecular flexibility index (Phi) is 5.67. The molecule has 150 valence electrons. The van der Waals surface area contributed by atoms with E-state index in [0.717, 1.165) is 21.3 Å². The molecule has 0 bridgehead atoms. The molecule has 0 aliphatic heterocycles. The standard InChI is InChI=1S/C22H19N5O2S/c23-20(29)15-6-8-16(9-7-15)27-18(28)10-11-24-21-19-17(14-4-2-1-3-5-14)12-30-22(19)26-13-25-21/h1-9,12-13H,10-11H2,(H2,23,29)(H,27,28)(H,24,25,26). The van der Waals surface area contributed by atoms with Crippen molar-refractivity contribution in [2.24, 2.45) is 5.73 Å². The minimum Gasteiger partial charge on any atom is -0.369 e. The fourth-order valence-corrected chi connectivity index (χ4v) is 3.99. The minimum absolute atomic E-state index is 0.145. The molecule has 2 aromatic heterocycles. The van der Waals surface area contributed by atoms with Crippen LogP contribution in [-0.4, -0.2) is 28.3 Å². The van der Waals surface area contributed by atoms with Crippen LogP contribution in [0.5, 0.6) is 0 Å². The Balaban J connectivity index is 1.42. The average molecular weight is 417 g/mol. The van der Waals surface area contributed by atoms with Crippen LogP contribution < -0.4 is 16.4 Å². The number of nitrogens with two attached hydrogens (primary N) is 1. The van der Waals surface area contributed by atoms with E-state index in [2.05, 4.69) is 38.1 Å². The summed E-state index contributed by atoms with van der Waals surface area (Å²) >= 11 is 1.56. The van der Waals surface area contributed by atoms with Crippen LogP contribution in [0.3, 0.4) is 0 Å². The first-order valence-corrected chi connectivity index (χ1v) is 10.2. The van der Waals surface area contributed by atoms with Crippen molar-refractivity contribution in [2.45, 2.75) is 6.42 Å². The van der Waals surface area contributed by atoms with Crippen LogP contribution in [0.25, 0.3) is 21.3 Å². The van der Waals surface area contributed by atoms with Crippen molar-refractivity contribution in [3.05, 3.63) is 71.9 Å². The summed E-state index contributed by atoms with van der Waals surface area (Å²) in [5, 5.41) is 9.09. The molecule has 0 aliphatic rings. The van der Waals surface area contributed by atoms with Crippen molar-refractivity contribution in [3.8, 4) is 11.1 Å². The van der Waals surface area contributed by atoms with Crippen LogP contribution in [-0.2, 0) is 4.79 Å². The quantitative estimate of drug-likeness (QED) is 0.422. The Morgan fingerprint density at radius 2 is 1.77 bits per heavy atom. The zero-order valence-corrected chi connectivity index (χ0v) is 16.8. The second-order valence-electron chi connectivity index (χ2n) is 6.58. The topological polar surface area (TPSA) is 110 Å². The molecule has 30 heavy (non-hydrogen) atoms. The van der Waals surface area contributed by atoms with E-state index in [4.69, 9.17) is 5.73 Å². The summed E-state index contributed by atoms with van der Waals surface area (Å²) in [5.74, 6) is 0.0588. The molecule has 0 radical (unpaired) electrons. The van der Waals surface area contributed by atoms with E-state index in [9.17, 15) is 9.59 Å². The molecule has 0 saturated carbocycles. The Morgan fingerprint density at radius 1 is 1.00 bits per heavy atom. The maximum Gasteiger partial charge on any atom is 0.248 e. The summed E-state index contributed by atoms with van der Waals surface area (Å²) in [4.78, 5) is 33.0. The molecule has 0 aliphatic carbocycles. The highest BCUT2D eigenvalue weighted by molar-refractivity contribution is 7.17. The summed E-state index contributed by atoms with van der Waals surface area (Å²) in [6, 6.07) is 16.5. The molecule has 0 fully saturated rings. The summed E-state index contributed by atoms with van der Waals surface area (Å²) in [5.41, 5.74) is 8.39. The van der Waals surface area contributed by atoms with Crippen LogP contribution in [0.15, 0.2) is 66.3 Å². The molecular weight excluding hydrogens is 398 g/mol. The summed E-state index contributed by atoms with van der Waals surface area (Å²) in [6.45, 7) is 0.418. The lowest BCUT2D eigenvalue weighted by Gasteiger charge is -2.09. The van der Waals surface area contributed by atoms with Gasteiger partial charge in [0.05, 0.1) is 5.39 Å². The molecule has 8 heteroatoms. The fraction of sp³-hybridized carbons (Fsp3) is 0.0909. The Labute approximate surface area is 177 Å². The van der Waals surface area contributed by atoms with E-state index in [1.165, 1.54) is 6.33 Å². The molecule has 2 aromatic carbocycles. The van der Waals surface area contributed by atoms with Gasteiger partial charge in [0.25, 0.3) is 0 Å². The molecule has 0 atom stereocenters. The minimum atomic E-state index is -0.503. The number of nitrogens with one attached hydrogen (secondary N) is 2. The largest absolute Gasteiger partial charge is 0.369 e. The van der Waals surface area contributed by atoms with Crippen LogP contribution in [0.1, 0.15) is 16.8 Å².